The number of aromatic nitrogens is 1. The van der Waals surface area contributed by atoms with Crippen LogP contribution in [0, 0.1) is 11.6 Å². The highest BCUT2D eigenvalue weighted by Gasteiger charge is 2.29. The summed E-state index contributed by atoms with van der Waals surface area (Å²) in [6, 6.07) is 1.33. The van der Waals surface area contributed by atoms with Crippen LogP contribution in [-0.2, 0) is 0 Å². The third-order valence-corrected chi connectivity index (χ3v) is 4.05. The quantitative estimate of drug-likeness (QED) is 0.875. The van der Waals surface area contributed by atoms with Crippen LogP contribution < -0.4 is 10.2 Å². The summed E-state index contributed by atoms with van der Waals surface area (Å²) in [6.07, 6.45) is 0.983. The van der Waals surface area contributed by atoms with Crippen LogP contribution in [0.4, 0.5) is 20.4 Å². The Kier molecular flexibility index (Phi) is 5.33. The lowest BCUT2D eigenvalue weighted by Gasteiger charge is -2.26. The predicted octanol–water partition coefficient (Wildman–Crippen LogP) is 2.71. The maximum atomic E-state index is 14.0. The summed E-state index contributed by atoms with van der Waals surface area (Å²) in [5.74, 6) is -0.853. The minimum Gasteiger partial charge on any atom is -0.368 e. The SMILES string of the molecule is CCNc1nc(N2CCC(N(CC)CC)C2)c(F)cc1F. The van der Waals surface area contributed by atoms with Crippen molar-refractivity contribution < 1.29 is 8.78 Å². The van der Waals surface area contributed by atoms with Gasteiger partial charge in [0, 0.05) is 31.7 Å². The van der Waals surface area contributed by atoms with E-state index in [-0.39, 0.29) is 11.6 Å². The second-order valence-electron chi connectivity index (χ2n) is 5.26. The molecular weight excluding hydrogens is 274 g/mol. The summed E-state index contributed by atoms with van der Waals surface area (Å²) in [6.45, 7) is 10.1. The van der Waals surface area contributed by atoms with Gasteiger partial charge in [0.2, 0.25) is 0 Å². The molecule has 1 aromatic heterocycles. The number of nitrogens with zero attached hydrogens (tertiary/aromatic N) is 3. The summed E-state index contributed by atoms with van der Waals surface area (Å²) in [5.41, 5.74) is 0. The number of halogens is 2. The molecule has 1 unspecified atom stereocenters. The standard InChI is InChI=1S/C15H24F2N4/c1-4-18-14-12(16)9-13(17)15(19-14)21-8-7-11(10-21)20(5-2)6-3/h9,11H,4-8,10H2,1-3H3,(H,18,19). The monoisotopic (exact) mass is 298 g/mol. The highest BCUT2D eigenvalue weighted by molar-refractivity contribution is 5.50. The van der Waals surface area contributed by atoms with E-state index in [4.69, 9.17) is 0 Å². The largest absolute Gasteiger partial charge is 0.368 e. The summed E-state index contributed by atoms with van der Waals surface area (Å²) < 4.78 is 27.7. The van der Waals surface area contributed by atoms with Crippen molar-refractivity contribution in [3.05, 3.63) is 17.7 Å². The van der Waals surface area contributed by atoms with Crippen LogP contribution in [0.5, 0.6) is 0 Å². The van der Waals surface area contributed by atoms with E-state index in [1.165, 1.54) is 0 Å². The number of pyridine rings is 1. The molecule has 1 fully saturated rings. The Morgan fingerprint density at radius 2 is 2.00 bits per heavy atom. The van der Waals surface area contributed by atoms with Gasteiger partial charge in [-0.2, -0.15) is 0 Å². The topological polar surface area (TPSA) is 31.4 Å². The van der Waals surface area contributed by atoms with E-state index in [9.17, 15) is 8.78 Å². The first-order chi connectivity index (χ1) is 10.1. The molecule has 0 aromatic carbocycles. The molecule has 1 aliphatic rings. The van der Waals surface area contributed by atoms with Crippen LogP contribution in [0.25, 0.3) is 0 Å². The van der Waals surface area contributed by atoms with Crippen molar-refractivity contribution in [2.75, 3.05) is 42.9 Å². The lowest BCUT2D eigenvalue weighted by atomic mass is 10.2. The predicted molar refractivity (Wildman–Crippen MR) is 81.9 cm³/mol. The minimum absolute atomic E-state index is 0.125. The maximum absolute atomic E-state index is 14.0. The third kappa shape index (κ3) is 3.43. The van der Waals surface area contributed by atoms with E-state index in [1.54, 1.807) is 0 Å². The van der Waals surface area contributed by atoms with Crippen LogP contribution in [0.2, 0.25) is 0 Å². The Morgan fingerprint density at radius 1 is 1.29 bits per heavy atom. The molecule has 0 radical (unpaired) electrons. The molecule has 1 aromatic rings. The first kappa shape index (κ1) is 15.9. The summed E-state index contributed by atoms with van der Waals surface area (Å²) in [5, 5.41) is 2.83. The molecule has 4 nitrogen and oxygen atoms in total. The zero-order valence-electron chi connectivity index (χ0n) is 13.0. The first-order valence-electron chi connectivity index (χ1n) is 7.69. The van der Waals surface area contributed by atoms with Crippen LogP contribution in [0.3, 0.4) is 0 Å². The molecule has 21 heavy (non-hydrogen) atoms. The van der Waals surface area contributed by atoms with E-state index in [0.717, 1.165) is 38.7 Å². The van der Waals surface area contributed by atoms with E-state index >= 15 is 0 Å². The number of hydrogen-bond acceptors (Lipinski definition) is 4. The Morgan fingerprint density at radius 3 is 2.62 bits per heavy atom. The van der Waals surface area contributed by atoms with Crippen molar-refractivity contribution in [3.8, 4) is 0 Å². The fraction of sp³-hybridized carbons (Fsp3) is 0.667. The van der Waals surface area contributed by atoms with E-state index in [2.05, 4.69) is 29.0 Å². The third-order valence-electron chi connectivity index (χ3n) is 4.05. The van der Waals surface area contributed by atoms with Crippen molar-refractivity contribution in [2.45, 2.75) is 33.2 Å². The van der Waals surface area contributed by atoms with Crippen LogP contribution in [-0.4, -0.2) is 48.6 Å². The molecule has 1 saturated heterocycles. The molecule has 0 amide bonds. The van der Waals surface area contributed by atoms with Gasteiger partial charge in [0.15, 0.2) is 23.3 Å². The van der Waals surface area contributed by atoms with Gasteiger partial charge in [0.1, 0.15) is 0 Å². The zero-order valence-corrected chi connectivity index (χ0v) is 13.0. The van der Waals surface area contributed by atoms with Gasteiger partial charge >= 0.3 is 0 Å². The van der Waals surface area contributed by atoms with Crippen LogP contribution in [0.15, 0.2) is 6.07 Å². The molecular formula is C15H24F2N4. The number of hydrogen-bond donors (Lipinski definition) is 1. The fourth-order valence-corrected chi connectivity index (χ4v) is 2.94. The number of rotatable bonds is 6. The van der Waals surface area contributed by atoms with Gasteiger partial charge in [-0.15, -0.1) is 0 Å². The minimum atomic E-state index is -0.641. The molecule has 1 aliphatic heterocycles. The Labute approximate surface area is 125 Å². The number of nitrogens with one attached hydrogen (secondary N) is 1. The summed E-state index contributed by atoms with van der Waals surface area (Å²) >= 11 is 0. The fourth-order valence-electron chi connectivity index (χ4n) is 2.94. The molecule has 2 heterocycles. The highest BCUT2D eigenvalue weighted by Crippen LogP contribution is 2.26. The van der Waals surface area contributed by atoms with Crippen molar-refractivity contribution in [2.24, 2.45) is 0 Å². The molecule has 2 rings (SSSR count). The van der Waals surface area contributed by atoms with Crippen molar-refractivity contribution >= 4 is 11.6 Å². The zero-order chi connectivity index (χ0) is 15.4. The van der Waals surface area contributed by atoms with Gasteiger partial charge < -0.3 is 10.2 Å². The molecule has 0 aliphatic carbocycles. The molecule has 0 bridgehead atoms. The summed E-state index contributed by atoms with van der Waals surface area (Å²) in [4.78, 5) is 8.42. The molecule has 118 valence electrons. The van der Waals surface area contributed by atoms with Gasteiger partial charge in [-0.3, -0.25) is 4.90 Å². The summed E-state index contributed by atoms with van der Waals surface area (Å²) in [7, 11) is 0. The number of likely N-dealkylation sites (N-methyl/N-ethyl adjacent to an activating group) is 1. The van der Waals surface area contributed by atoms with Crippen LogP contribution >= 0.6 is 0 Å². The average Bonchev–Trinajstić information content (AvgIpc) is 2.93. The smallest absolute Gasteiger partial charge is 0.168 e. The van der Waals surface area contributed by atoms with E-state index in [0.29, 0.717) is 12.6 Å². The van der Waals surface area contributed by atoms with E-state index in [1.807, 2.05) is 11.8 Å². The average molecular weight is 298 g/mol. The second kappa shape index (κ2) is 7.02. The van der Waals surface area contributed by atoms with Crippen molar-refractivity contribution in [1.29, 1.82) is 0 Å². The Bertz CT molecular complexity index is 477. The highest BCUT2D eigenvalue weighted by atomic mass is 19.1. The molecule has 6 heteroatoms. The normalized spacial score (nSPS) is 18.6. The lowest BCUT2D eigenvalue weighted by Crippen LogP contribution is -2.37. The first-order valence-corrected chi connectivity index (χ1v) is 7.69. The maximum Gasteiger partial charge on any atom is 0.168 e. The van der Waals surface area contributed by atoms with Crippen molar-refractivity contribution in [3.63, 3.8) is 0 Å². The van der Waals surface area contributed by atoms with Gasteiger partial charge in [0.05, 0.1) is 0 Å². The van der Waals surface area contributed by atoms with Gasteiger partial charge in [-0.25, -0.2) is 13.8 Å². The van der Waals surface area contributed by atoms with Gasteiger partial charge in [-0.1, -0.05) is 13.8 Å². The van der Waals surface area contributed by atoms with Crippen molar-refractivity contribution in [1.82, 2.24) is 9.88 Å². The molecule has 1 N–H and O–H groups in total. The van der Waals surface area contributed by atoms with E-state index < -0.39 is 11.6 Å². The van der Waals surface area contributed by atoms with Gasteiger partial charge in [0.25, 0.3) is 0 Å². The molecule has 0 spiro atoms. The lowest BCUT2D eigenvalue weighted by molar-refractivity contribution is 0.232. The Hall–Kier alpha value is -1.43. The molecule has 0 saturated carbocycles. The second-order valence-corrected chi connectivity index (χ2v) is 5.26. The van der Waals surface area contributed by atoms with Crippen LogP contribution in [0.1, 0.15) is 27.2 Å². The molecule has 1 atom stereocenters. The number of anilines is 2. The Balaban J connectivity index is 2.17. The van der Waals surface area contributed by atoms with Gasteiger partial charge in [-0.05, 0) is 26.4 Å².